The van der Waals surface area contributed by atoms with Gasteiger partial charge in [0.2, 0.25) is 0 Å². The van der Waals surface area contributed by atoms with Crippen LogP contribution in [-0.2, 0) is 6.42 Å². The van der Waals surface area contributed by atoms with Gasteiger partial charge in [0.15, 0.2) is 0 Å². The highest BCUT2D eigenvalue weighted by Gasteiger charge is 2.18. The molecule has 3 heteroatoms. The van der Waals surface area contributed by atoms with Gasteiger partial charge in [-0.2, -0.15) is 0 Å². The first-order valence-corrected chi connectivity index (χ1v) is 7.63. The number of nitroso groups, excluding NO2 is 1. The van der Waals surface area contributed by atoms with Gasteiger partial charge in [0.1, 0.15) is 6.04 Å². The Morgan fingerprint density at radius 2 is 1.78 bits per heavy atom. The van der Waals surface area contributed by atoms with E-state index in [0.29, 0.717) is 0 Å². The van der Waals surface area contributed by atoms with E-state index in [-0.39, 0.29) is 0 Å². The van der Waals surface area contributed by atoms with Crippen LogP contribution in [0.5, 0.6) is 0 Å². The van der Waals surface area contributed by atoms with Crippen LogP contribution < -0.4 is 0 Å². The third-order valence-electron chi connectivity index (χ3n) is 3.97. The summed E-state index contributed by atoms with van der Waals surface area (Å²) >= 11 is 0. The van der Waals surface area contributed by atoms with Crippen LogP contribution in [0.2, 0.25) is 0 Å². The number of pyridine rings is 1. The first kappa shape index (κ1) is 15.1. The van der Waals surface area contributed by atoms with Crippen molar-refractivity contribution >= 4 is 0 Å². The van der Waals surface area contributed by atoms with E-state index in [4.69, 9.17) is 0 Å². The lowest BCUT2D eigenvalue weighted by molar-refractivity contribution is 0.840. The van der Waals surface area contributed by atoms with Crippen LogP contribution in [0.15, 0.2) is 78.2 Å². The van der Waals surface area contributed by atoms with Crippen molar-refractivity contribution < 1.29 is 0 Å². The monoisotopic (exact) mass is 302 g/mol. The van der Waals surface area contributed by atoms with Crippen molar-refractivity contribution in [2.24, 2.45) is 5.18 Å². The normalized spacial score (nSPS) is 11.9. The van der Waals surface area contributed by atoms with Crippen molar-refractivity contribution in [3.63, 3.8) is 0 Å². The zero-order valence-electron chi connectivity index (χ0n) is 13.0. The summed E-state index contributed by atoms with van der Waals surface area (Å²) in [7, 11) is 0. The maximum atomic E-state index is 11.5. The number of hydrogen-bond acceptors (Lipinski definition) is 3. The molecule has 3 aromatic rings. The van der Waals surface area contributed by atoms with Crippen molar-refractivity contribution in [1.82, 2.24) is 4.98 Å². The Balaban J connectivity index is 1.96. The minimum absolute atomic E-state index is 0.523. The lowest BCUT2D eigenvalue weighted by Gasteiger charge is -2.15. The van der Waals surface area contributed by atoms with Crippen LogP contribution in [0, 0.1) is 11.8 Å². The van der Waals surface area contributed by atoms with E-state index in [1.165, 1.54) is 11.1 Å². The second-order valence-corrected chi connectivity index (χ2v) is 5.66. The molecule has 114 valence electrons. The lowest BCUT2D eigenvalue weighted by atomic mass is 9.92. The van der Waals surface area contributed by atoms with Crippen LogP contribution in [0.4, 0.5) is 0 Å². The largest absolute Gasteiger partial charge is 0.264 e. The predicted octanol–water partition coefficient (Wildman–Crippen LogP) is 4.84. The maximum absolute atomic E-state index is 11.5. The average Bonchev–Trinajstić information content (AvgIpc) is 2.60. The molecule has 0 saturated heterocycles. The third kappa shape index (κ3) is 3.51. The van der Waals surface area contributed by atoms with Crippen LogP contribution in [0.25, 0.3) is 0 Å². The molecule has 3 nitrogen and oxygen atoms in total. The smallest absolute Gasteiger partial charge is 0.144 e. The summed E-state index contributed by atoms with van der Waals surface area (Å²) < 4.78 is 0. The van der Waals surface area contributed by atoms with Gasteiger partial charge in [-0.3, -0.25) is 4.98 Å². The van der Waals surface area contributed by atoms with E-state index < -0.39 is 6.04 Å². The fourth-order valence-electron chi connectivity index (χ4n) is 2.72. The fourth-order valence-corrected chi connectivity index (χ4v) is 2.72. The molecule has 23 heavy (non-hydrogen) atoms. The van der Waals surface area contributed by atoms with Gasteiger partial charge < -0.3 is 0 Å². The second-order valence-electron chi connectivity index (χ2n) is 5.66. The zero-order valence-corrected chi connectivity index (χ0v) is 13.0. The molecule has 1 aromatic heterocycles. The number of aryl methyl sites for hydroxylation is 1. The van der Waals surface area contributed by atoms with Crippen LogP contribution in [0.3, 0.4) is 0 Å². The molecule has 0 aliphatic heterocycles. The van der Waals surface area contributed by atoms with E-state index in [1.807, 2.05) is 30.3 Å². The van der Waals surface area contributed by atoms with Crippen molar-refractivity contribution in [2.75, 3.05) is 0 Å². The van der Waals surface area contributed by atoms with Crippen LogP contribution >= 0.6 is 0 Å². The van der Waals surface area contributed by atoms with Gasteiger partial charge in [-0.05, 0) is 36.1 Å². The van der Waals surface area contributed by atoms with E-state index in [2.05, 4.69) is 47.4 Å². The molecule has 1 unspecified atom stereocenters. The van der Waals surface area contributed by atoms with Gasteiger partial charge in [0.25, 0.3) is 0 Å². The van der Waals surface area contributed by atoms with Gasteiger partial charge in [-0.25, -0.2) is 0 Å². The number of nitrogens with zero attached hydrogens (tertiary/aromatic N) is 2. The Bertz CT molecular complexity index is 782. The number of hydrogen-bond donors (Lipinski definition) is 0. The summed E-state index contributed by atoms with van der Waals surface area (Å²) in [5.74, 6) is 0. The maximum Gasteiger partial charge on any atom is 0.144 e. The Hall–Kier alpha value is -2.81. The molecule has 0 aliphatic carbocycles. The first-order valence-electron chi connectivity index (χ1n) is 7.63. The van der Waals surface area contributed by atoms with Crippen molar-refractivity contribution in [3.05, 3.63) is 106 Å². The van der Waals surface area contributed by atoms with Gasteiger partial charge in [-0.1, -0.05) is 65.3 Å². The first-order chi connectivity index (χ1) is 11.3. The molecule has 0 bridgehead atoms. The summed E-state index contributed by atoms with van der Waals surface area (Å²) in [6.07, 6.45) is 4.18. The summed E-state index contributed by atoms with van der Waals surface area (Å²) in [6.45, 7) is 2.08. The Kier molecular flexibility index (Phi) is 4.57. The van der Waals surface area contributed by atoms with Crippen molar-refractivity contribution in [3.8, 4) is 0 Å². The number of benzene rings is 2. The Labute approximate surface area is 136 Å². The summed E-state index contributed by atoms with van der Waals surface area (Å²) in [4.78, 5) is 15.6. The number of aromatic nitrogens is 1. The third-order valence-corrected chi connectivity index (χ3v) is 3.97. The summed E-state index contributed by atoms with van der Waals surface area (Å²) in [5.41, 5.74) is 5.34. The zero-order chi connectivity index (χ0) is 16.1. The molecule has 2 aromatic carbocycles. The number of rotatable bonds is 5. The highest BCUT2D eigenvalue weighted by Crippen LogP contribution is 2.29. The lowest BCUT2D eigenvalue weighted by Crippen LogP contribution is -2.03. The fraction of sp³-hybridized carbons (Fsp3) is 0.150. The van der Waals surface area contributed by atoms with Crippen molar-refractivity contribution in [1.29, 1.82) is 0 Å². The van der Waals surface area contributed by atoms with Crippen LogP contribution in [0.1, 0.15) is 33.9 Å². The molecule has 0 spiro atoms. The molecule has 1 atom stereocenters. The SMILES string of the molecule is Cc1ccc(Cc2ccccc2C(N=O)c2cccnc2)cc1. The van der Waals surface area contributed by atoms with Gasteiger partial charge in [0, 0.05) is 18.0 Å². The van der Waals surface area contributed by atoms with E-state index >= 15 is 0 Å². The quantitative estimate of drug-likeness (QED) is 0.633. The average molecular weight is 302 g/mol. The minimum atomic E-state index is -0.523. The predicted molar refractivity (Wildman–Crippen MR) is 92.3 cm³/mol. The standard InChI is InChI=1S/C20H18N2O/c1-15-8-10-16(11-9-15)13-17-5-2-3-7-19(17)20(22-23)18-6-4-12-21-14-18/h2-12,14,20H,13H2,1H3. The molecule has 0 N–H and O–H groups in total. The van der Waals surface area contributed by atoms with Crippen LogP contribution in [-0.4, -0.2) is 4.98 Å². The van der Waals surface area contributed by atoms with E-state index in [9.17, 15) is 4.91 Å². The molecule has 0 radical (unpaired) electrons. The highest BCUT2D eigenvalue weighted by atomic mass is 16.3. The summed E-state index contributed by atoms with van der Waals surface area (Å²) in [6, 6.07) is 19.6. The van der Waals surface area contributed by atoms with Gasteiger partial charge in [-0.15, -0.1) is 4.91 Å². The molecule has 3 rings (SSSR count). The van der Waals surface area contributed by atoms with Crippen molar-refractivity contribution in [2.45, 2.75) is 19.4 Å². The highest BCUT2D eigenvalue weighted by molar-refractivity contribution is 5.39. The second kappa shape index (κ2) is 6.97. The Morgan fingerprint density at radius 3 is 2.48 bits per heavy atom. The topological polar surface area (TPSA) is 42.3 Å². The Morgan fingerprint density at radius 1 is 1.00 bits per heavy atom. The molecule has 0 aliphatic rings. The summed E-state index contributed by atoms with van der Waals surface area (Å²) in [5, 5.41) is 3.35. The minimum Gasteiger partial charge on any atom is -0.264 e. The van der Waals surface area contributed by atoms with Gasteiger partial charge in [0.05, 0.1) is 0 Å². The molecule has 1 heterocycles. The van der Waals surface area contributed by atoms with E-state index in [1.54, 1.807) is 12.4 Å². The van der Waals surface area contributed by atoms with E-state index in [0.717, 1.165) is 23.1 Å². The molecule has 0 fully saturated rings. The molecular formula is C20H18N2O. The molecule has 0 amide bonds. The van der Waals surface area contributed by atoms with Gasteiger partial charge >= 0.3 is 0 Å². The molecule has 0 saturated carbocycles. The molecular weight excluding hydrogens is 284 g/mol.